The highest BCUT2D eigenvalue weighted by Crippen LogP contribution is 2.32. The van der Waals surface area contributed by atoms with Gasteiger partial charge in [0.2, 0.25) is 0 Å². The summed E-state index contributed by atoms with van der Waals surface area (Å²) in [7, 11) is 3.26. The lowest BCUT2D eigenvalue weighted by Crippen LogP contribution is -2.42. The molecule has 1 aliphatic rings. The van der Waals surface area contributed by atoms with Gasteiger partial charge in [-0.2, -0.15) is 0 Å². The van der Waals surface area contributed by atoms with E-state index < -0.39 is 5.41 Å². The van der Waals surface area contributed by atoms with Crippen molar-refractivity contribution in [3.8, 4) is 0 Å². The largest absolute Gasteiger partial charge is 0.497 e. The zero-order chi connectivity index (χ0) is 12.2. The quantitative estimate of drug-likeness (QED) is 0.716. The van der Waals surface area contributed by atoms with Crippen LogP contribution in [0.25, 0.3) is 0 Å². The smallest absolute Gasteiger partial charge is 0.168 e. The van der Waals surface area contributed by atoms with Crippen LogP contribution in [0, 0.1) is 5.41 Å². The average molecular weight is 228 g/mol. The molecule has 2 atom stereocenters. The number of hydrogen-bond acceptors (Lipinski definition) is 4. The summed E-state index contributed by atoms with van der Waals surface area (Å²) in [5, 5.41) is 0. The second-order valence-corrected chi connectivity index (χ2v) is 4.56. The van der Waals surface area contributed by atoms with Gasteiger partial charge in [0.15, 0.2) is 5.78 Å². The molecule has 0 aliphatic carbocycles. The Labute approximate surface area is 96.6 Å². The molecule has 0 N–H and O–H groups in total. The van der Waals surface area contributed by atoms with Gasteiger partial charge in [0.1, 0.15) is 6.10 Å². The van der Waals surface area contributed by atoms with Crippen molar-refractivity contribution in [2.24, 2.45) is 5.41 Å². The Morgan fingerprint density at radius 1 is 1.50 bits per heavy atom. The first-order valence-electron chi connectivity index (χ1n) is 5.40. The molecule has 0 aromatic rings. The van der Waals surface area contributed by atoms with Crippen molar-refractivity contribution in [1.82, 2.24) is 0 Å². The zero-order valence-electron chi connectivity index (χ0n) is 10.4. The van der Waals surface area contributed by atoms with Gasteiger partial charge in [-0.05, 0) is 13.8 Å². The van der Waals surface area contributed by atoms with E-state index in [2.05, 4.69) is 0 Å². The monoisotopic (exact) mass is 228 g/mol. The van der Waals surface area contributed by atoms with E-state index in [1.54, 1.807) is 14.2 Å². The van der Waals surface area contributed by atoms with E-state index in [0.29, 0.717) is 13.0 Å². The fraction of sp³-hybridized carbons (Fsp3) is 0.750. The van der Waals surface area contributed by atoms with E-state index in [0.717, 1.165) is 0 Å². The predicted octanol–water partition coefficient (Wildman–Crippen LogP) is 1.55. The Hall–Kier alpha value is -0.870. The van der Waals surface area contributed by atoms with E-state index in [-0.39, 0.29) is 18.0 Å². The summed E-state index contributed by atoms with van der Waals surface area (Å²) in [6.07, 6.45) is 3.39. The summed E-state index contributed by atoms with van der Waals surface area (Å²) in [4.78, 5) is 11.7. The third-order valence-electron chi connectivity index (χ3n) is 3.07. The van der Waals surface area contributed by atoms with E-state index in [4.69, 9.17) is 14.2 Å². The molecule has 92 valence electrons. The SMILES string of the molecule is COC[C@@H](C[C@H]1OC=CC(=O)C1(C)C)OC. The maximum Gasteiger partial charge on any atom is 0.168 e. The first-order chi connectivity index (χ1) is 7.52. The molecule has 0 fully saturated rings. The summed E-state index contributed by atoms with van der Waals surface area (Å²) in [6, 6.07) is 0. The summed E-state index contributed by atoms with van der Waals surface area (Å²) in [6.45, 7) is 4.29. The molecule has 1 heterocycles. The molecular formula is C12H20O4. The maximum absolute atomic E-state index is 11.7. The molecule has 0 saturated heterocycles. The summed E-state index contributed by atoms with van der Waals surface area (Å²) >= 11 is 0. The molecule has 0 amide bonds. The fourth-order valence-corrected chi connectivity index (χ4v) is 1.75. The van der Waals surface area contributed by atoms with Crippen molar-refractivity contribution in [2.45, 2.75) is 32.5 Å². The highest BCUT2D eigenvalue weighted by molar-refractivity contribution is 5.95. The predicted molar refractivity (Wildman–Crippen MR) is 60.1 cm³/mol. The highest BCUT2D eigenvalue weighted by atomic mass is 16.5. The highest BCUT2D eigenvalue weighted by Gasteiger charge is 2.40. The van der Waals surface area contributed by atoms with E-state index in [1.807, 2.05) is 13.8 Å². The molecule has 0 saturated carbocycles. The lowest BCUT2D eigenvalue weighted by molar-refractivity contribution is -0.133. The van der Waals surface area contributed by atoms with Crippen molar-refractivity contribution in [2.75, 3.05) is 20.8 Å². The lowest BCUT2D eigenvalue weighted by Gasteiger charge is -2.35. The first-order valence-corrected chi connectivity index (χ1v) is 5.40. The molecule has 0 aromatic heterocycles. The molecule has 1 aliphatic heterocycles. The minimum absolute atomic E-state index is 0.0476. The fourth-order valence-electron chi connectivity index (χ4n) is 1.75. The average Bonchev–Trinajstić information content (AvgIpc) is 2.24. The van der Waals surface area contributed by atoms with Gasteiger partial charge in [-0.25, -0.2) is 0 Å². The number of ether oxygens (including phenoxy) is 3. The Bertz CT molecular complexity index is 270. The molecular weight excluding hydrogens is 208 g/mol. The number of carbonyl (C=O) groups is 1. The van der Waals surface area contributed by atoms with Crippen molar-refractivity contribution in [1.29, 1.82) is 0 Å². The van der Waals surface area contributed by atoms with Crippen LogP contribution in [0.5, 0.6) is 0 Å². The molecule has 0 spiro atoms. The van der Waals surface area contributed by atoms with Crippen LogP contribution in [0.1, 0.15) is 20.3 Å². The third-order valence-corrected chi connectivity index (χ3v) is 3.07. The number of allylic oxidation sites excluding steroid dienone is 1. The van der Waals surface area contributed by atoms with Crippen LogP contribution in [-0.2, 0) is 19.0 Å². The second-order valence-electron chi connectivity index (χ2n) is 4.56. The third kappa shape index (κ3) is 2.83. The molecule has 1 rings (SSSR count). The molecule has 0 bridgehead atoms. The van der Waals surface area contributed by atoms with Crippen LogP contribution < -0.4 is 0 Å². The molecule has 0 radical (unpaired) electrons. The van der Waals surface area contributed by atoms with Crippen molar-refractivity contribution in [3.63, 3.8) is 0 Å². The molecule has 4 nitrogen and oxygen atoms in total. The van der Waals surface area contributed by atoms with Crippen LogP contribution >= 0.6 is 0 Å². The van der Waals surface area contributed by atoms with Gasteiger partial charge >= 0.3 is 0 Å². The second kappa shape index (κ2) is 5.46. The topological polar surface area (TPSA) is 44.8 Å². The normalized spacial score (nSPS) is 25.2. The minimum Gasteiger partial charge on any atom is -0.497 e. The molecule has 16 heavy (non-hydrogen) atoms. The van der Waals surface area contributed by atoms with Gasteiger partial charge in [-0.1, -0.05) is 0 Å². The van der Waals surface area contributed by atoms with Gasteiger partial charge in [0.05, 0.1) is 24.4 Å². The number of rotatable bonds is 5. The van der Waals surface area contributed by atoms with Gasteiger partial charge in [-0.3, -0.25) is 4.79 Å². The molecule has 0 unspecified atom stereocenters. The van der Waals surface area contributed by atoms with Gasteiger partial charge in [0, 0.05) is 26.7 Å². The van der Waals surface area contributed by atoms with Gasteiger partial charge in [0.25, 0.3) is 0 Å². The van der Waals surface area contributed by atoms with Crippen molar-refractivity contribution < 1.29 is 19.0 Å². The van der Waals surface area contributed by atoms with Crippen molar-refractivity contribution in [3.05, 3.63) is 12.3 Å². The van der Waals surface area contributed by atoms with Gasteiger partial charge in [-0.15, -0.1) is 0 Å². The standard InChI is InChI=1S/C12H20O4/c1-12(2)10(13)5-6-16-11(12)7-9(15-4)8-14-3/h5-6,9,11H,7-8H2,1-4H3/t9-,11-/m1/s1. The lowest BCUT2D eigenvalue weighted by atomic mass is 9.78. The minimum atomic E-state index is -0.501. The summed E-state index contributed by atoms with van der Waals surface area (Å²) < 4.78 is 15.8. The number of hydrogen-bond donors (Lipinski definition) is 0. The van der Waals surface area contributed by atoms with Crippen LogP contribution in [0.3, 0.4) is 0 Å². The van der Waals surface area contributed by atoms with E-state index in [9.17, 15) is 4.79 Å². The number of methoxy groups -OCH3 is 2. The Morgan fingerprint density at radius 3 is 2.75 bits per heavy atom. The summed E-state index contributed by atoms with van der Waals surface area (Å²) in [5.74, 6) is 0.0935. The van der Waals surface area contributed by atoms with Crippen LogP contribution in [0.2, 0.25) is 0 Å². The van der Waals surface area contributed by atoms with Crippen LogP contribution in [0.4, 0.5) is 0 Å². The maximum atomic E-state index is 11.7. The first kappa shape index (κ1) is 13.2. The van der Waals surface area contributed by atoms with E-state index in [1.165, 1.54) is 12.3 Å². The van der Waals surface area contributed by atoms with Crippen molar-refractivity contribution >= 4 is 5.78 Å². The Balaban J connectivity index is 2.65. The van der Waals surface area contributed by atoms with Crippen LogP contribution in [-0.4, -0.2) is 38.8 Å². The Kier molecular flexibility index (Phi) is 4.50. The number of carbonyl (C=O) groups excluding carboxylic acids is 1. The zero-order valence-corrected chi connectivity index (χ0v) is 10.4. The number of ketones is 1. The van der Waals surface area contributed by atoms with Gasteiger partial charge < -0.3 is 14.2 Å². The van der Waals surface area contributed by atoms with Crippen LogP contribution in [0.15, 0.2) is 12.3 Å². The Morgan fingerprint density at radius 2 is 2.19 bits per heavy atom. The summed E-state index contributed by atoms with van der Waals surface area (Å²) in [5.41, 5.74) is -0.501. The molecule has 4 heteroatoms. The molecule has 0 aromatic carbocycles. The van der Waals surface area contributed by atoms with E-state index >= 15 is 0 Å².